The third-order valence-electron chi connectivity index (χ3n) is 3.27. The molecule has 0 spiro atoms. The van der Waals surface area contributed by atoms with Crippen LogP contribution in [0, 0.1) is 6.92 Å². The van der Waals surface area contributed by atoms with E-state index in [4.69, 9.17) is 0 Å². The first-order chi connectivity index (χ1) is 9.66. The molecule has 1 aromatic heterocycles. The molecule has 0 aliphatic rings. The van der Waals surface area contributed by atoms with Gasteiger partial charge in [0.05, 0.1) is 5.56 Å². The molecule has 0 bridgehead atoms. The summed E-state index contributed by atoms with van der Waals surface area (Å²) in [6.07, 6.45) is 1.56. The van der Waals surface area contributed by atoms with Gasteiger partial charge in [-0.1, -0.05) is 30.3 Å². The number of H-pyrrole nitrogens is 1. The van der Waals surface area contributed by atoms with E-state index in [2.05, 4.69) is 9.98 Å². The van der Waals surface area contributed by atoms with Crippen molar-refractivity contribution in [2.45, 2.75) is 6.92 Å². The summed E-state index contributed by atoms with van der Waals surface area (Å²) in [7, 11) is 0. The van der Waals surface area contributed by atoms with Gasteiger partial charge in [0, 0.05) is 17.1 Å². The number of hydrogen-bond acceptors (Lipinski definition) is 3. The highest BCUT2D eigenvalue weighted by Crippen LogP contribution is 2.30. The fraction of sp³-hybridized carbons (Fsp3) is 0.0625. The lowest BCUT2D eigenvalue weighted by atomic mass is 10.2. The van der Waals surface area contributed by atoms with Crippen molar-refractivity contribution in [3.63, 3.8) is 0 Å². The summed E-state index contributed by atoms with van der Waals surface area (Å²) in [5.41, 5.74) is 2.71. The zero-order valence-corrected chi connectivity index (χ0v) is 11.0. The maximum absolute atomic E-state index is 9.93. The van der Waals surface area contributed by atoms with Gasteiger partial charge in [-0.2, -0.15) is 0 Å². The van der Waals surface area contributed by atoms with Gasteiger partial charge in [0.25, 0.3) is 0 Å². The Labute approximate surface area is 116 Å². The lowest BCUT2D eigenvalue weighted by Gasteiger charge is -2.01. The fourth-order valence-corrected chi connectivity index (χ4v) is 2.16. The number of aliphatic imine (C=N–C) groups is 1. The monoisotopic (exact) mass is 266 g/mol. The molecule has 0 saturated heterocycles. The zero-order chi connectivity index (χ0) is 14.1. The zero-order valence-electron chi connectivity index (χ0n) is 11.0. The topological polar surface area (TPSA) is 68.6 Å². The first-order valence-electron chi connectivity index (χ1n) is 6.29. The molecular weight excluding hydrogens is 252 g/mol. The van der Waals surface area contributed by atoms with E-state index in [0.717, 1.165) is 16.5 Å². The minimum Gasteiger partial charge on any atom is -0.505 e. The lowest BCUT2D eigenvalue weighted by Crippen LogP contribution is -1.80. The van der Waals surface area contributed by atoms with Crippen molar-refractivity contribution < 1.29 is 10.2 Å². The predicted octanol–water partition coefficient (Wildman–Crippen LogP) is 3.64. The van der Waals surface area contributed by atoms with E-state index in [1.165, 1.54) is 0 Å². The van der Waals surface area contributed by atoms with Crippen LogP contribution in [0.25, 0.3) is 10.9 Å². The highest BCUT2D eigenvalue weighted by molar-refractivity contribution is 6.02. The van der Waals surface area contributed by atoms with Gasteiger partial charge in [-0.25, -0.2) is 0 Å². The van der Waals surface area contributed by atoms with Crippen LogP contribution in [-0.2, 0) is 0 Å². The van der Waals surface area contributed by atoms with E-state index in [1.54, 1.807) is 12.3 Å². The molecule has 1 heterocycles. The summed E-state index contributed by atoms with van der Waals surface area (Å²) >= 11 is 0. The Morgan fingerprint density at radius 2 is 1.85 bits per heavy atom. The summed E-state index contributed by atoms with van der Waals surface area (Å²) in [5, 5.41) is 20.7. The van der Waals surface area contributed by atoms with Crippen LogP contribution in [0.2, 0.25) is 0 Å². The number of rotatable bonds is 2. The van der Waals surface area contributed by atoms with Crippen LogP contribution < -0.4 is 0 Å². The van der Waals surface area contributed by atoms with Crippen LogP contribution in [0.1, 0.15) is 11.1 Å². The normalized spacial score (nSPS) is 11.4. The standard InChI is InChI=1S/C16H14N2O2/c1-10-5-4-8-14(15(10)19)17-9-12-11-6-2-3-7-13(11)18-16(12)20/h2-9,18-20H,1H3. The first-order valence-corrected chi connectivity index (χ1v) is 6.29. The Hall–Kier alpha value is -2.75. The number of fused-ring (bicyclic) bond motifs is 1. The second kappa shape index (κ2) is 4.74. The van der Waals surface area contributed by atoms with E-state index in [9.17, 15) is 10.2 Å². The third kappa shape index (κ3) is 2.01. The molecule has 0 amide bonds. The Morgan fingerprint density at radius 3 is 2.70 bits per heavy atom. The van der Waals surface area contributed by atoms with Crippen LogP contribution in [0.3, 0.4) is 0 Å². The summed E-state index contributed by atoms with van der Waals surface area (Å²) in [4.78, 5) is 7.16. The van der Waals surface area contributed by atoms with Gasteiger partial charge in [0.2, 0.25) is 0 Å². The minimum atomic E-state index is 0.0714. The molecule has 0 fully saturated rings. The van der Waals surface area contributed by atoms with E-state index >= 15 is 0 Å². The van der Waals surface area contributed by atoms with E-state index in [1.807, 2.05) is 43.3 Å². The molecule has 0 aliphatic carbocycles. The maximum atomic E-state index is 9.93. The molecule has 3 aromatic rings. The van der Waals surface area contributed by atoms with Gasteiger partial charge in [0.15, 0.2) is 5.88 Å². The fourth-order valence-electron chi connectivity index (χ4n) is 2.16. The summed E-state index contributed by atoms with van der Waals surface area (Å²) in [5.74, 6) is 0.227. The SMILES string of the molecule is Cc1cccc(N=Cc2c(O)[nH]c3ccccc23)c1O. The average Bonchev–Trinajstić information content (AvgIpc) is 2.76. The molecule has 4 heteroatoms. The number of phenolic OH excluding ortho intramolecular Hbond substituents is 1. The number of nitrogens with one attached hydrogen (secondary N) is 1. The van der Waals surface area contributed by atoms with E-state index in [0.29, 0.717) is 11.3 Å². The highest BCUT2D eigenvalue weighted by atomic mass is 16.3. The number of phenols is 1. The number of nitrogens with zero attached hydrogens (tertiary/aromatic N) is 1. The molecule has 100 valence electrons. The number of aromatic nitrogens is 1. The smallest absolute Gasteiger partial charge is 0.198 e. The molecule has 0 aliphatic heterocycles. The second-order valence-electron chi connectivity index (χ2n) is 4.63. The Kier molecular flexibility index (Phi) is 2.91. The quantitative estimate of drug-likeness (QED) is 0.620. The number of benzene rings is 2. The molecule has 0 saturated carbocycles. The summed E-state index contributed by atoms with van der Waals surface area (Å²) in [6.45, 7) is 1.82. The van der Waals surface area contributed by atoms with Crippen molar-refractivity contribution >= 4 is 22.8 Å². The Bertz CT molecular complexity index is 803. The van der Waals surface area contributed by atoms with Crippen molar-refractivity contribution in [2.75, 3.05) is 0 Å². The molecule has 4 nitrogen and oxygen atoms in total. The van der Waals surface area contributed by atoms with Crippen LogP contribution in [0.5, 0.6) is 11.6 Å². The van der Waals surface area contributed by atoms with Gasteiger partial charge < -0.3 is 15.2 Å². The Balaban J connectivity index is 2.07. The van der Waals surface area contributed by atoms with Crippen LogP contribution in [-0.4, -0.2) is 21.4 Å². The molecule has 3 N–H and O–H groups in total. The lowest BCUT2D eigenvalue weighted by molar-refractivity contribution is 0.457. The third-order valence-corrected chi connectivity index (χ3v) is 3.27. The number of aromatic hydroxyl groups is 2. The molecule has 20 heavy (non-hydrogen) atoms. The highest BCUT2D eigenvalue weighted by Gasteiger charge is 2.08. The van der Waals surface area contributed by atoms with Gasteiger partial charge in [-0.05, 0) is 24.6 Å². The van der Waals surface area contributed by atoms with E-state index < -0.39 is 0 Å². The van der Waals surface area contributed by atoms with Crippen molar-refractivity contribution in [2.24, 2.45) is 4.99 Å². The summed E-state index contributed by atoms with van der Waals surface area (Å²) < 4.78 is 0. The largest absolute Gasteiger partial charge is 0.505 e. The molecule has 0 unspecified atom stereocenters. The van der Waals surface area contributed by atoms with Crippen LogP contribution in [0.4, 0.5) is 5.69 Å². The van der Waals surface area contributed by atoms with Crippen molar-refractivity contribution in [1.29, 1.82) is 0 Å². The number of hydrogen-bond donors (Lipinski definition) is 3. The van der Waals surface area contributed by atoms with Gasteiger partial charge in [-0.3, -0.25) is 4.99 Å². The van der Waals surface area contributed by atoms with E-state index in [-0.39, 0.29) is 11.6 Å². The molecule has 2 aromatic carbocycles. The first kappa shape index (κ1) is 12.3. The van der Waals surface area contributed by atoms with Gasteiger partial charge >= 0.3 is 0 Å². The van der Waals surface area contributed by atoms with Crippen LogP contribution in [0.15, 0.2) is 47.5 Å². The predicted molar refractivity (Wildman–Crippen MR) is 80.1 cm³/mol. The Morgan fingerprint density at radius 1 is 1.05 bits per heavy atom. The van der Waals surface area contributed by atoms with Crippen molar-refractivity contribution in [1.82, 2.24) is 4.98 Å². The van der Waals surface area contributed by atoms with Crippen LogP contribution >= 0.6 is 0 Å². The molecule has 0 radical (unpaired) electrons. The number of para-hydroxylation sites is 2. The molecule has 3 rings (SSSR count). The number of aromatic amines is 1. The van der Waals surface area contributed by atoms with Crippen molar-refractivity contribution in [3.8, 4) is 11.6 Å². The maximum Gasteiger partial charge on any atom is 0.198 e. The molecule has 0 atom stereocenters. The minimum absolute atomic E-state index is 0.0714. The average molecular weight is 266 g/mol. The number of aryl methyl sites for hydroxylation is 1. The second-order valence-corrected chi connectivity index (χ2v) is 4.63. The van der Waals surface area contributed by atoms with Gasteiger partial charge in [-0.15, -0.1) is 0 Å². The van der Waals surface area contributed by atoms with Gasteiger partial charge in [0.1, 0.15) is 11.4 Å². The molecular formula is C16H14N2O2. The summed E-state index contributed by atoms with van der Waals surface area (Å²) in [6, 6.07) is 13.0. The van der Waals surface area contributed by atoms with Crippen molar-refractivity contribution in [3.05, 3.63) is 53.6 Å².